The van der Waals surface area contributed by atoms with Crippen LogP contribution in [0.25, 0.3) is 0 Å². The highest BCUT2D eigenvalue weighted by Crippen LogP contribution is 2.21. The van der Waals surface area contributed by atoms with Gasteiger partial charge in [0.2, 0.25) is 11.8 Å². The molecular weight excluding hydrogens is 518 g/mol. The van der Waals surface area contributed by atoms with E-state index in [1.165, 1.54) is 29.2 Å². The molecular formula is C30H44F2N4O4. The van der Waals surface area contributed by atoms with Gasteiger partial charge in [0.1, 0.15) is 30.3 Å². The fourth-order valence-electron chi connectivity index (χ4n) is 3.72. The predicted octanol–water partition coefficient (Wildman–Crippen LogP) is 3.41. The molecule has 0 heterocycles. The van der Waals surface area contributed by atoms with Crippen LogP contribution in [0.15, 0.2) is 42.5 Å². The zero-order valence-electron chi connectivity index (χ0n) is 24.1. The zero-order valence-corrected chi connectivity index (χ0v) is 24.1. The fraction of sp³-hybridized carbons (Fsp3) is 0.500. The number of hydrogen-bond acceptors (Lipinski definition) is 6. The Labute approximate surface area is 236 Å². The Bertz CT molecular complexity index is 1000. The third-order valence-electron chi connectivity index (χ3n) is 5.94. The summed E-state index contributed by atoms with van der Waals surface area (Å²) in [5, 5.41) is 8.80. The van der Waals surface area contributed by atoms with Crippen LogP contribution >= 0.6 is 0 Å². The maximum atomic E-state index is 13.7. The highest BCUT2D eigenvalue weighted by molar-refractivity contribution is 5.83. The van der Waals surface area contributed by atoms with Gasteiger partial charge < -0.3 is 30.4 Å². The number of rotatable bonds is 17. The van der Waals surface area contributed by atoms with Crippen molar-refractivity contribution >= 4 is 18.1 Å². The van der Waals surface area contributed by atoms with Crippen LogP contribution in [0.1, 0.15) is 43.7 Å². The van der Waals surface area contributed by atoms with Crippen LogP contribution in [0.3, 0.4) is 0 Å². The second-order valence-electron chi connectivity index (χ2n) is 9.41. The lowest BCUT2D eigenvalue weighted by molar-refractivity contribution is -0.134. The molecule has 0 aliphatic rings. The van der Waals surface area contributed by atoms with Gasteiger partial charge in [-0.15, -0.1) is 0 Å². The topological polar surface area (TPSA) is 99.8 Å². The molecule has 0 bridgehead atoms. The van der Waals surface area contributed by atoms with Gasteiger partial charge in [0.05, 0.1) is 19.1 Å². The summed E-state index contributed by atoms with van der Waals surface area (Å²) < 4.78 is 31.6. The molecule has 0 unspecified atom stereocenters. The van der Waals surface area contributed by atoms with Crippen LogP contribution in [0.4, 0.5) is 8.78 Å². The van der Waals surface area contributed by atoms with Crippen molar-refractivity contribution in [1.29, 1.82) is 0 Å². The van der Waals surface area contributed by atoms with E-state index in [2.05, 4.69) is 22.9 Å². The largest absolute Gasteiger partial charge is 0.492 e. The van der Waals surface area contributed by atoms with Crippen molar-refractivity contribution in [2.45, 2.75) is 52.0 Å². The maximum absolute atomic E-state index is 13.7. The number of nitrogens with one attached hydrogen (secondary N) is 3. The molecule has 0 aliphatic carbocycles. The summed E-state index contributed by atoms with van der Waals surface area (Å²) >= 11 is 0. The first-order valence-corrected chi connectivity index (χ1v) is 13.7. The first-order chi connectivity index (χ1) is 19.2. The van der Waals surface area contributed by atoms with E-state index in [9.17, 15) is 23.2 Å². The van der Waals surface area contributed by atoms with Gasteiger partial charge in [-0.25, -0.2) is 8.78 Å². The Morgan fingerprint density at radius 3 is 2.38 bits per heavy atom. The number of amides is 2. The molecule has 8 nitrogen and oxygen atoms in total. The third kappa shape index (κ3) is 14.7. The molecule has 2 aromatic rings. The van der Waals surface area contributed by atoms with E-state index < -0.39 is 6.04 Å². The molecule has 2 rings (SSSR count). The molecule has 3 N–H and O–H groups in total. The van der Waals surface area contributed by atoms with Crippen LogP contribution < -0.4 is 20.7 Å². The Balaban J connectivity index is 0.000000850. The van der Waals surface area contributed by atoms with Crippen molar-refractivity contribution in [3.63, 3.8) is 0 Å². The highest BCUT2D eigenvalue weighted by Gasteiger charge is 2.20. The monoisotopic (exact) mass is 562 g/mol. The number of hydrogen-bond donors (Lipinski definition) is 3. The van der Waals surface area contributed by atoms with Crippen LogP contribution in [0, 0.1) is 18.6 Å². The molecule has 0 saturated carbocycles. The summed E-state index contributed by atoms with van der Waals surface area (Å²) in [5.74, 6) is -0.290. The zero-order chi connectivity index (χ0) is 29.8. The van der Waals surface area contributed by atoms with Crippen LogP contribution in [0.2, 0.25) is 0 Å². The number of aryl methyl sites for hydroxylation is 2. The molecule has 2 amide bonds. The quantitative estimate of drug-likeness (QED) is 0.202. The van der Waals surface area contributed by atoms with E-state index in [4.69, 9.17) is 4.74 Å². The maximum Gasteiger partial charge on any atom is 0.239 e. The molecule has 0 radical (unpaired) electrons. The summed E-state index contributed by atoms with van der Waals surface area (Å²) in [6, 6.07) is 10.4. The summed E-state index contributed by atoms with van der Waals surface area (Å²) in [4.78, 5) is 36.1. The van der Waals surface area contributed by atoms with E-state index in [1.54, 1.807) is 32.3 Å². The first-order valence-electron chi connectivity index (χ1n) is 13.7. The van der Waals surface area contributed by atoms with Gasteiger partial charge in [-0.05, 0) is 57.0 Å². The van der Waals surface area contributed by atoms with Gasteiger partial charge >= 0.3 is 0 Å². The van der Waals surface area contributed by atoms with Crippen LogP contribution in [-0.2, 0) is 20.8 Å². The van der Waals surface area contributed by atoms with Gasteiger partial charge in [0, 0.05) is 26.2 Å². The third-order valence-corrected chi connectivity index (χ3v) is 5.94. The smallest absolute Gasteiger partial charge is 0.239 e. The lowest BCUT2D eigenvalue weighted by Gasteiger charge is -2.23. The SMILES string of the molecule is CCCC[C@H](NCCOc1cc(F)ccc1CCCNC(=O)CNC)C(=O)N(C)CC=O.Cc1ccc(F)cc1. The second-order valence-corrected chi connectivity index (χ2v) is 9.41. The lowest BCUT2D eigenvalue weighted by atomic mass is 10.1. The minimum absolute atomic E-state index is 0.0572. The highest BCUT2D eigenvalue weighted by atomic mass is 19.1. The summed E-state index contributed by atoms with van der Waals surface area (Å²) in [6.45, 7) is 5.51. The molecule has 0 spiro atoms. The van der Waals surface area contributed by atoms with Crippen LogP contribution in [0.5, 0.6) is 5.75 Å². The Kier molecular flexibility index (Phi) is 17.8. The van der Waals surface area contributed by atoms with Gasteiger partial charge in [0.15, 0.2) is 0 Å². The number of ether oxygens (including phenoxy) is 1. The number of carbonyl (C=O) groups excluding carboxylic acids is 3. The average molecular weight is 563 g/mol. The molecule has 222 valence electrons. The lowest BCUT2D eigenvalue weighted by Crippen LogP contribution is -2.46. The number of carbonyl (C=O) groups is 3. The average Bonchev–Trinajstić information content (AvgIpc) is 2.93. The molecule has 0 saturated heterocycles. The molecule has 2 aromatic carbocycles. The molecule has 0 aliphatic heterocycles. The molecule has 1 atom stereocenters. The summed E-state index contributed by atoms with van der Waals surface area (Å²) in [5.41, 5.74) is 1.95. The van der Waals surface area contributed by atoms with Crippen molar-refractivity contribution in [3.8, 4) is 5.75 Å². The standard InChI is InChI=1S/C23H37FN4O4.C7H7F/c1-4-5-8-20(23(31)28(3)13-14-29)26-12-15-32-21-16-19(24)10-9-18(21)7-6-11-27-22(30)17-25-2;1-6-2-4-7(8)5-3-6/h9-10,14,16,20,25-26H,4-8,11-13,15,17H2,1-3H3,(H,27,30);2-5H,1H3/t20-;/m0./s1. The molecule has 0 fully saturated rings. The minimum Gasteiger partial charge on any atom is -0.492 e. The van der Waals surface area contributed by atoms with E-state index >= 15 is 0 Å². The fourth-order valence-corrected chi connectivity index (χ4v) is 3.72. The van der Waals surface area contributed by atoms with E-state index in [0.29, 0.717) is 44.4 Å². The Hall–Kier alpha value is -3.37. The Morgan fingerprint density at radius 1 is 1.05 bits per heavy atom. The second kappa shape index (κ2) is 20.5. The van der Waals surface area contributed by atoms with Gasteiger partial charge in [-0.2, -0.15) is 0 Å². The summed E-state index contributed by atoms with van der Waals surface area (Å²) in [7, 11) is 3.32. The number of benzene rings is 2. The molecule has 40 heavy (non-hydrogen) atoms. The Morgan fingerprint density at radius 2 is 1.75 bits per heavy atom. The van der Waals surface area contributed by atoms with Crippen molar-refractivity contribution < 1.29 is 27.9 Å². The molecule has 0 aromatic heterocycles. The van der Waals surface area contributed by atoms with Gasteiger partial charge in [0.25, 0.3) is 0 Å². The van der Waals surface area contributed by atoms with Crippen molar-refractivity contribution in [3.05, 3.63) is 65.2 Å². The number of unbranched alkanes of at least 4 members (excludes halogenated alkanes) is 1. The van der Waals surface area contributed by atoms with Crippen molar-refractivity contribution in [2.24, 2.45) is 0 Å². The normalized spacial score (nSPS) is 11.2. The van der Waals surface area contributed by atoms with Crippen molar-refractivity contribution in [1.82, 2.24) is 20.9 Å². The number of nitrogens with zero attached hydrogens (tertiary/aromatic N) is 1. The number of aldehydes is 1. The van der Waals surface area contributed by atoms with E-state index in [1.807, 2.05) is 6.92 Å². The minimum atomic E-state index is -0.392. The first kappa shape index (κ1) is 34.7. The number of likely N-dealkylation sites (N-methyl/N-ethyl adjacent to an activating group) is 2. The predicted molar refractivity (Wildman–Crippen MR) is 153 cm³/mol. The number of halogens is 2. The molecule has 10 heteroatoms. The van der Waals surface area contributed by atoms with E-state index in [-0.39, 0.29) is 43.1 Å². The van der Waals surface area contributed by atoms with E-state index in [0.717, 1.165) is 24.0 Å². The van der Waals surface area contributed by atoms with Gasteiger partial charge in [-0.1, -0.05) is 43.5 Å². The van der Waals surface area contributed by atoms with Gasteiger partial charge in [-0.3, -0.25) is 9.59 Å². The van der Waals surface area contributed by atoms with Crippen LogP contribution in [-0.4, -0.2) is 75.9 Å². The summed E-state index contributed by atoms with van der Waals surface area (Å²) in [6.07, 6.45) is 4.56. The van der Waals surface area contributed by atoms with Crippen molar-refractivity contribution in [2.75, 3.05) is 46.9 Å².